The summed E-state index contributed by atoms with van der Waals surface area (Å²) in [5, 5.41) is 12.9. The first-order chi connectivity index (χ1) is 20.4. The van der Waals surface area contributed by atoms with E-state index in [0.717, 1.165) is 0 Å². The quantitative estimate of drug-likeness (QED) is 0.331. The predicted molar refractivity (Wildman–Crippen MR) is 150 cm³/mol. The normalized spacial score (nSPS) is 13.2. The third-order valence-corrected chi connectivity index (χ3v) is 6.65. The molecule has 214 valence electrons. The topological polar surface area (TPSA) is 160 Å². The number of pyridine rings is 1. The van der Waals surface area contributed by atoms with Crippen molar-refractivity contribution in [2.75, 3.05) is 39.6 Å². The van der Waals surface area contributed by atoms with E-state index in [1.807, 2.05) is 6.07 Å². The molecule has 13 nitrogen and oxygen atoms in total. The number of amides is 2. The van der Waals surface area contributed by atoms with Gasteiger partial charge in [0.15, 0.2) is 6.39 Å². The summed E-state index contributed by atoms with van der Waals surface area (Å²) in [6, 6.07) is 12.5. The molecule has 0 radical (unpaired) electrons. The Morgan fingerprint density at radius 2 is 1.95 bits per heavy atom. The number of rotatable bonds is 8. The van der Waals surface area contributed by atoms with E-state index in [1.54, 1.807) is 55.5 Å². The van der Waals surface area contributed by atoms with Crippen LogP contribution in [0, 0.1) is 11.3 Å². The summed E-state index contributed by atoms with van der Waals surface area (Å²) in [6.07, 6.45) is 5.34. The van der Waals surface area contributed by atoms with Crippen molar-refractivity contribution in [3.63, 3.8) is 0 Å². The second kappa shape index (κ2) is 12.3. The first-order valence-corrected chi connectivity index (χ1v) is 13.1. The second-order valence-corrected chi connectivity index (χ2v) is 9.64. The Hall–Kier alpha value is -5.51. The maximum atomic E-state index is 12.5. The van der Waals surface area contributed by atoms with Gasteiger partial charge in [0.25, 0.3) is 11.8 Å². The lowest BCUT2D eigenvalue weighted by molar-refractivity contribution is 0.0566. The highest BCUT2D eigenvalue weighted by atomic mass is 16.5. The molecule has 0 atom stereocenters. The zero-order valence-corrected chi connectivity index (χ0v) is 23.3. The van der Waals surface area contributed by atoms with E-state index < -0.39 is 0 Å². The molecule has 0 unspecified atom stereocenters. The van der Waals surface area contributed by atoms with Crippen LogP contribution in [-0.2, 0) is 0 Å². The van der Waals surface area contributed by atoms with Gasteiger partial charge < -0.3 is 29.0 Å². The molecule has 4 heterocycles. The van der Waals surface area contributed by atoms with E-state index in [1.165, 1.54) is 24.6 Å². The Balaban J connectivity index is 1.26. The third-order valence-electron chi connectivity index (χ3n) is 6.65. The Bertz CT molecular complexity index is 1630. The Kier molecular flexibility index (Phi) is 8.24. The number of ether oxygens (including phenoxy) is 2. The SMILES string of the molecule is COc1nc(Nc2nccc(-c3ccc(OC4CCN(C(=O)c5cnco5)CC4)c(C#N)c3)n2)ccc1C(=O)N(C)C. The lowest BCUT2D eigenvalue weighted by atomic mass is 10.1. The molecular formula is C29H28N8O5. The second-order valence-electron chi connectivity index (χ2n) is 9.64. The van der Waals surface area contributed by atoms with E-state index in [-0.39, 0.29) is 35.5 Å². The van der Waals surface area contributed by atoms with Crippen LogP contribution in [0.3, 0.4) is 0 Å². The molecule has 1 N–H and O–H groups in total. The molecule has 2 amide bonds. The van der Waals surface area contributed by atoms with E-state index >= 15 is 0 Å². The van der Waals surface area contributed by atoms with Crippen LogP contribution in [0.4, 0.5) is 11.8 Å². The molecule has 1 aliphatic rings. The number of nitrogens with one attached hydrogen (secondary N) is 1. The zero-order chi connectivity index (χ0) is 29.6. The lowest BCUT2D eigenvalue weighted by Crippen LogP contribution is -2.41. The van der Waals surface area contributed by atoms with Crippen molar-refractivity contribution < 1.29 is 23.5 Å². The number of anilines is 2. The summed E-state index contributed by atoms with van der Waals surface area (Å²) in [5.74, 6) is 1.11. The van der Waals surface area contributed by atoms with Crippen molar-refractivity contribution >= 4 is 23.6 Å². The third kappa shape index (κ3) is 6.12. The standard InChI is InChI=1S/C29H28N8O5/c1-36(2)27(38)21-5-7-25(34-26(21)40-3)35-29-32-11-8-22(33-29)18-4-6-23(19(14-18)15-30)42-20-9-12-37(13-10-20)28(39)24-16-31-17-41-24/h4-8,11,14,16-17,20H,9-10,12-13H2,1-3H3,(H,32,33,34,35). The highest BCUT2D eigenvalue weighted by Crippen LogP contribution is 2.29. The van der Waals surface area contributed by atoms with Crippen molar-refractivity contribution in [3.05, 3.63) is 72.1 Å². The number of aromatic nitrogens is 4. The molecule has 0 bridgehead atoms. The predicted octanol–water partition coefficient (Wildman–Crippen LogP) is 3.54. The van der Waals surface area contributed by atoms with E-state index in [0.29, 0.717) is 59.9 Å². The summed E-state index contributed by atoms with van der Waals surface area (Å²) in [6.45, 7) is 1.02. The molecule has 0 spiro atoms. The van der Waals surface area contributed by atoms with Gasteiger partial charge >= 0.3 is 0 Å². The van der Waals surface area contributed by atoms with Crippen LogP contribution < -0.4 is 14.8 Å². The molecule has 0 saturated carbocycles. The largest absolute Gasteiger partial charge is 0.489 e. The zero-order valence-electron chi connectivity index (χ0n) is 23.3. The van der Waals surface area contributed by atoms with Crippen molar-refractivity contribution in [2.24, 2.45) is 0 Å². The van der Waals surface area contributed by atoms with Crippen LogP contribution in [0.2, 0.25) is 0 Å². The summed E-state index contributed by atoms with van der Waals surface area (Å²) >= 11 is 0. The number of benzene rings is 1. The van der Waals surface area contributed by atoms with Crippen LogP contribution in [0.1, 0.15) is 39.3 Å². The van der Waals surface area contributed by atoms with Crippen molar-refractivity contribution in [1.82, 2.24) is 29.7 Å². The van der Waals surface area contributed by atoms with Gasteiger partial charge in [-0.25, -0.2) is 15.0 Å². The summed E-state index contributed by atoms with van der Waals surface area (Å²) in [5.41, 5.74) is 1.99. The van der Waals surface area contributed by atoms with Gasteiger partial charge in [-0.1, -0.05) is 0 Å². The van der Waals surface area contributed by atoms with Crippen LogP contribution in [0.25, 0.3) is 11.3 Å². The van der Waals surface area contributed by atoms with Gasteiger partial charge in [0.2, 0.25) is 17.6 Å². The van der Waals surface area contributed by atoms with Gasteiger partial charge in [-0.05, 0) is 36.4 Å². The minimum Gasteiger partial charge on any atom is -0.489 e. The van der Waals surface area contributed by atoms with Crippen LogP contribution in [0.15, 0.2) is 59.6 Å². The van der Waals surface area contributed by atoms with Gasteiger partial charge in [-0.3, -0.25) is 9.59 Å². The number of piperidine rings is 1. The maximum Gasteiger partial charge on any atom is 0.291 e. The number of nitrogens with zero attached hydrogens (tertiary/aromatic N) is 7. The maximum absolute atomic E-state index is 12.5. The number of carbonyl (C=O) groups excluding carboxylic acids is 2. The smallest absolute Gasteiger partial charge is 0.291 e. The average Bonchev–Trinajstić information content (AvgIpc) is 3.56. The number of methoxy groups -OCH3 is 1. The fraction of sp³-hybridized carbons (Fsp3) is 0.276. The van der Waals surface area contributed by atoms with Gasteiger partial charge in [-0.2, -0.15) is 10.2 Å². The molecule has 1 fully saturated rings. The monoisotopic (exact) mass is 568 g/mol. The number of likely N-dealkylation sites (tertiary alicyclic amines) is 1. The van der Waals surface area contributed by atoms with Gasteiger partial charge in [0.05, 0.1) is 24.6 Å². The van der Waals surface area contributed by atoms with Gasteiger partial charge in [-0.15, -0.1) is 0 Å². The highest BCUT2D eigenvalue weighted by molar-refractivity contribution is 5.96. The summed E-state index contributed by atoms with van der Waals surface area (Å²) < 4.78 is 16.6. The average molecular weight is 569 g/mol. The summed E-state index contributed by atoms with van der Waals surface area (Å²) in [4.78, 5) is 45.0. The highest BCUT2D eigenvalue weighted by Gasteiger charge is 2.27. The van der Waals surface area contributed by atoms with E-state index in [4.69, 9.17) is 13.9 Å². The van der Waals surface area contributed by atoms with Crippen molar-refractivity contribution in [2.45, 2.75) is 18.9 Å². The number of hydrogen-bond donors (Lipinski definition) is 1. The van der Waals surface area contributed by atoms with Crippen LogP contribution in [-0.4, -0.2) is 81.9 Å². The fourth-order valence-corrected chi connectivity index (χ4v) is 4.48. The lowest BCUT2D eigenvalue weighted by Gasteiger charge is -2.31. The molecule has 13 heteroatoms. The number of hydrogen-bond acceptors (Lipinski definition) is 11. The van der Waals surface area contributed by atoms with Crippen molar-refractivity contribution in [1.29, 1.82) is 5.26 Å². The minimum atomic E-state index is -0.228. The first kappa shape index (κ1) is 28.0. The minimum absolute atomic E-state index is 0.138. The Labute approximate surface area is 241 Å². The van der Waals surface area contributed by atoms with E-state index in [2.05, 4.69) is 31.3 Å². The summed E-state index contributed by atoms with van der Waals surface area (Å²) in [7, 11) is 4.75. The molecule has 0 aliphatic carbocycles. The Morgan fingerprint density at radius 3 is 2.64 bits per heavy atom. The molecule has 3 aromatic heterocycles. The molecule has 1 aliphatic heterocycles. The molecule has 1 saturated heterocycles. The van der Waals surface area contributed by atoms with Gasteiger partial charge in [0, 0.05) is 51.8 Å². The molecule has 4 aromatic rings. The molecular weight excluding hydrogens is 540 g/mol. The fourth-order valence-electron chi connectivity index (χ4n) is 4.48. The van der Waals surface area contributed by atoms with Crippen LogP contribution >= 0.6 is 0 Å². The van der Waals surface area contributed by atoms with Gasteiger partial charge in [0.1, 0.15) is 29.3 Å². The van der Waals surface area contributed by atoms with Crippen molar-refractivity contribution in [3.8, 4) is 29.0 Å². The molecule has 1 aromatic carbocycles. The number of oxazole rings is 1. The van der Waals surface area contributed by atoms with Crippen LogP contribution in [0.5, 0.6) is 11.6 Å². The Morgan fingerprint density at radius 1 is 1.14 bits per heavy atom. The molecule has 5 rings (SSSR count). The van der Waals surface area contributed by atoms with E-state index in [9.17, 15) is 14.9 Å². The first-order valence-electron chi connectivity index (χ1n) is 13.1. The number of nitriles is 1. The number of carbonyl (C=O) groups is 2. The molecule has 42 heavy (non-hydrogen) atoms.